The Labute approximate surface area is 96.2 Å². The summed E-state index contributed by atoms with van der Waals surface area (Å²) in [7, 11) is 0. The van der Waals surface area contributed by atoms with E-state index >= 15 is 0 Å². The first-order valence-electron chi connectivity index (χ1n) is 6.27. The van der Waals surface area contributed by atoms with Crippen molar-refractivity contribution in [2.45, 2.75) is 45.1 Å². The van der Waals surface area contributed by atoms with Crippen LogP contribution in [0.1, 0.15) is 39.0 Å². The average molecular weight is 224 g/mol. The Morgan fingerprint density at radius 2 is 1.88 bits per heavy atom. The summed E-state index contributed by atoms with van der Waals surface area (Å²) in [6.07, 6.45) is 4.35. The molecule has 3 atom stereocenters. The first kappa shape index (κ1) is 11.6. The van der Waals surface area contributed by atoms with Crippen molar-refractivity contribution in [1.29, 1.82) is 0 Å². The summed E-state index contributed by atoms with van der Waals surface area (Å²) in [5.74, 6) is 0.0965. The van der Waals surface area contributed by atoms with Crippen molar-refractivity contribution >= 4 is 11.8 Å². The fraction of sp³-hybridized carbons (Fsp3) is 0.833. The van der Waals surface area contributed by atoms with E-state index in [1.807, 2.05) is 6.92 Å². The van der Waals surface area contributed by atoms with Gasteiger partial charge >= 0.3 is 0 Å². The molecule has 2 fully saturated rings. The van der Waals surface area contributed by atoms with Gasteiger partial charge in [0, 0.05) is 6.04 Å². The molecule has 1 saturated carbocycles. The molecule has 1 aliphatic heterocycles. The van der Waals surface area contributed by atoms with Gasteiger partial charge in [0.05, 0.1) is 11.8 Å². The molecule has 90 valence electrons. The van der Waals surface area contributed by atoms with Crippen LogP contribution in [0.5, 0.6) is 0 Å². The maximum absolute atomic E-state index is 12.1. The lowest BCUT2D eigenvalue weighted by molar-refractivity contribution is -0.143. The molecule has 0 aromatic carbocycles. The molecule has 0 aromatic rings. The fourth-order valence-corrected chi connectivity index (χ4v) is 3.09. The Balaban J connectivity index is 2.16. The van der Waals surface area contributed by atoms with Crippen LogP contribution in [-0.4, -0.2) is 29.3 Å². The van der Waals surface area contributed by atoms with Gasteiger partial charge in [-0.1, -0.05) is 13.3 Å². The Morgan fingerprint density at radius 3 is 2.31 bits per heavy atom. The van der Waals surface area contributed by atoms with Gasteiger partial charge in [-0.3, -0.25) is 14.5 Å². The van der Waals surface area contributed by atoms with Crippen LogP contribution >= 0.6 is 0 Å². The number of imide groups is 1. The van der Waals surface area contributed by atoms with Gasteiger partial charge in [-0.05, 0) is 32.2 Å². The molecule has 0 spiro atoms. The molecule has 0 radical (unpaired) electrons. The van der Waals surface area contributed by atoms with E-state index in [-0.39, 0.29) is 29.7 Å². The van der Waals surface area contributed by atoms with Crippen LogP contribution in [0.2, 0.25) is 0 Å². The van der Waals surface area contributed by atoms with Crippen LogP contribution in [0.25, 0.3) is 0 Å². The lowest BCUT2D eigenvalue weighted by Gasteiger charge is -2.25. The van der Waals surface area contributed by atoms with Crippen molar-refractivity contribution in [2.75, 3.05) is 6.54 Å². The largest absolute Gasteiger partial charge is 0.330 e. The highest BCUT2D eigenvalue weighted by atomic mass is 16.2. The van der Waals surface area contributed by atoms with E-state index in [4.69, 9.17) is 5.73 Å². The lowest BCUT2D eigenvalue weighted by Crippen LogP contribution is -2.41. The molecule has 1 aliphatic carbocycles. The number of hydrogen-bond donors (Lipinski definition) is 1. The summed E-state index contributed by atoms with van der Waals surface area (Å²) in [5.41, 5.74) is 5.53. The molecular weight excluding hydrogens is 204 g/mol. The van der Waals surface area contributed by atoms with E-state index in [1.165, 1.54) is 4.90 Å². The van der Waals surface area contributed by atoms with Crippen LogP contribution < -0.4 is 5.73 Å². The standard InChI is InChI=1S/C12H20N2O2/c1-2-8(6-7-13)14-11(15)9-4-3-5-10(9)12(14)16/h8-10H,2-7,13H2,1H3. The van der Waals surface area contributed by atoms with Crippen LogP contribution in [0.15, 0.2) is 0 Å². The van der Waals surface area contributed by atoms with Gasteiger partial charge in [-0.25, -0.2) is 0 Å². The summed E-state index contributed by atoms with van der Waals surface area (Å²) >= 11 is 0. The number of nitrogens with zero attached hydrogens (tertiary/aromatic N) is 1. The zero-order valence-corrected chi connectivity index (χ0v) is 9.82. The number of fused-ring (bicyclic) bond motifs is 1. The van der Waals surface area contributed by atoms with E-state index in [2.05, 4.69) is 0 Å². The second-order valence-corrected chi connectivity index (χ2v) is 4.83. The topological polar surface area (TPSA) is 63.4 Å². The van der Waals surface area contributed by atoms with Crippen LogP contribution in [-0.2, 0) is 9.59 Å². The molecule has 2 aliphatic rings. The molecule has 4 nitrogen and oxygen atoms in total. The minimum atomic E-state index is -0.0145. The minimum Gasteiger partial charge on any atom is -0.330 e. The second-order valence-electron chi connectivity index (χ2n) is 4.83. The molecule has 2 amide bonds. The molecule has 2 rings (SSSR count). The Morgan fingerprint density at radius 1 is 1.31 bits per heavy atom. The SMILES string of the molecule is CCC(CCN)N1C(=O)C2CCCC2C1=O. The summed E-state index contributed by atoms with van der Waals surface area (Å²) in [6.45, 7) is 2.54. The average Bonchev–Trinajstić information content (AvgIpc) is 2.83. The van der Waals surface area contributed by atoms with E-state index in [9.17, 15) is 9.59 Å². The van der Waals surface area contributed by atoms with Gasteiger partial charge in [0.1, 0.15) is 0 Å². The normalized spacial score (nSPS) is 31.0. The van der Waals surface area contributed by atoms with Crippen molar-refractivity contribution < 1.29 is 9.59 Å². The van der Waals surface area contributed by atoms with Gasteiger partial charge in [0.15, 0.2) is 0 Å². The summed E-state index contributed by atoms with van der Waals surface area (Å²) in [5, 5.41) is 0. The molecule has 2 N–H and O–H groups in total. The summed E-state index contributed by atoms with van der Waals surface area (Å²) in [4.78, 5) is 25.8. The van der Waals surface area contributed by atoms with Crippen molar-refractivity contribution in [3.05, 3.63) is 0 Å². The molecule has 3 unspecified atom stereocenters. The molecular formula is C12H20N2O2. The minimum absolute atomic E-state index is 0.0145. The predicted molar refractivity (Wildman–Crippen MR) is 60.4 cm³/mol. The van der Waals surface area contributed by atoms with Gasteiger partial charge < -0.3 is 5.73 Å². The number of hydrogen-bond acceptors (Lipinski definition) is 3. The van der Waals surface area contributed by atoms with Crippen LogP contribution in [0, 0.1) is 11.8 Å². The predicted octanol–water partition coefficient (Wildman–Crippen LogP) is 0.899. The highest BCUT2D eigenvalue weighted by Crippen LogP contribution is 2.41. The molecule has 16 heavy (non-hydrogen) atoms. The van der Waals surface area contributed by atoms with E-state index in [1.54, 1.807) is 0 Å². The van der Waals surface area contributed by atoms with Crippen LogP contribution in [0.3, 0.4) is 0 Å². The Hall–Kier alpha value is -0.900. The number of likely N-dealkylation sites (tertiary alicyclic amines) is 1. The van der Waals surface area contributed by atoms with E-state index in [0.29, 0.717) is 6.54 Å². The van der Waals surface area contributed by atoms with Crippen molar-refractivity contribution in [2.24, 2.45) is 17.6 Å². The quantitative estimate of drug-likeness (QED) is 0.722. The zero-order valence-electron chi connectivity index (χ0n) is 9.82. The molecule has 0 bridgehead atoms. The third kappa shape index (κ3) is 1.65. The molecule has 0 aromatic heterocycles. The van der Waals surface area contributed by atoms with Crippen molar-refractivity contribution in [1.82, 2.24) is 4.90 Å². The molecule has 4 heteroatoms. The van der Waals surface area contributed by atoms with Crippen LogP contribution in [0.4, 0.5) is 0 Å². The van der Waals surface area contributed by atoms with Crippen molar-refractivity contribution in [3.63, 3.8) is 0 Å². The monoisotopic (exact) mass is 224 g/mol. The van der Waals surface area contributed by atoms with Gasteiger partial charge in [0.25, 0.3) is 0 Å². The number of amides is 2. The number of nitrogens with two attached hydrogens (primary N) is 1. The first-order valence-corrected chi connectivity index (χ1v) is 6.27. The maximum Gasteiger partial charge on any atom is 0.233 e. The number of rotatable bonds is 4. The van der Waals surface area contributed by atoms with Gasteiger partial charge in [-0.2, -0.15) is 0 Å². The third-order valence-electron chi connectivity index (χ3n) is 3.96. The van der Waals surface area contributed by atoms with E-state index in [0.717, 1.165) is 32.1 Å². The smallest absolute Gasteiger partial charge is 0.233 e. The lowest BCUT2D eigenvalue weighted by atomic mass is 10.00. The van der Waals surface area contributed by atoms with Gasteiger partial charge in [-0.15, -0.1) is 0 Å². The summed E-state index contributed by atoms with van der Waals surface area (Å²) in [6, 6.07) is 0.0237. The Kier molecular flexibility index (Phi) is 3.28. The number of carbonyl (C=O) groups excluding carboxylic acids is 2. The van der Waals surface area contributed by atoms with Crippen molar-refractivity contribution in [3.8, 4) is 0 Å². The highest BCUT2D eigenvalue weighted by Gasteiger charge is 2.51. The van der Waals surface area contributed by atoms with E-state index < -0.39 is 0 Å². The number of carbonyl (C=O) groups is 2. The highest BCUT2D eigenvalue weighted by molar-refractivity contribution is 6.05. The summed E-state index contributed by atoms with van der Waals surface area (Å²) < 4.78 is 0. The first-order chi connectivity index (χ1) is 7.70. The Bertz CT molecular complexity index is 281. The fourth-order valence-electron chi connectivity index (χ4n) is 3.09. The second kappa shape index (κ2) is 4.53. The third-order valence-corrected chi connectivity index (χ3v) is 3.96. The maximum atomic E-state index is 12.1. The molecule has 1 heterocycles. The molecule has 1 saturated heterocycles. The van der Waals surface area contributed by atoms with Gasteiger partial charge in [0.2, 0.25) is 11.8 Å². The zero-order chi connectivity index (χ0) is 11.7.